The third-order valence-electron chi connectivity index (χ3n) is 13.5. The number of carbonyl (C=O) groups is 2. The van der Waals surface area contributed by atoms with E-state index in [1.54, 1.807) is 6.08 Å². The van der Waals surface area contributed by atoms with E-state index in [9.17, 15) is 35.1 Å². The predicted octanol–water partition coefficient (Wildman–Crippen LogP) is 12.9. The van der Waals surface area contributed by atoms with Crippen LogP contribution < -0.4 is 5.32 Å². The second-order valence-electron chi connectivity index (χ2n) is 20.0. The molecule has 1 heterocycles. The first kappa shape index (κ1) is 65.6. The summed E-state index contributed by atoms with van der Waals surface area (Å²) < 4.78 is 16.7. The molecule has 11 nitrogen and oxygen atoms in total. The van der Waals surface area contributed by atoms with Crippen LogP contribution >= 0.6 is 0 Å². The highest BCUT2D eigenvalue weighted by atomic mass is 16.7. The molecule has 0 aliphatic carbocycles. The highest BCUT2D eigenvalue weighted by molar-refractivity contribution is 5.76. The molecule has 0 spiro atoms. The van der Waals surface area contributed by atoms with Gasteiger partial charge in [0.1, 0.15) is 24.4 Å². The third kappa shape index (κ3) is 38.3. The van der Waals surface area contributed by atoms with Crippen LogP contribution in [0.5, 0.6) is 0 Å². The monoisotopic (exact) mass is 990 g/mol. The largest absolute Gasteiger partial charge is 0.466 e. The lowest BCUT2D eigenvalue weighted by Crippen LogP contribution is -2.60. The molecule has 1 amide bonds. The number of aliphatic hydroxyl groups is 5. The van der Waals surface area contributed by atoms with Crippen LogP contribution in [0.25, 0.3) is 0 Å². The summed E-state index contributed by atoms with van der Waals surface area (Å²) in [5.74, 6) is -0.236. The van der Waals surface area contributed by atoms with Crippen LogP contribution in [0.4, 0.5) is 0 Å². The number of ether oxygens (including phenoxy) is 3. The van der Waals surface area contributed by atoms with E-state index in [4.69, 9.17) is 14.2 Å². The van der Waals surface area contributed by atoms with Gasteiger partial charge in [-0.2, -0.15) is 0 Å². The fourth-order valence-corrected chi connectivity index (χ4v) is 8.88. The average Bonchev–Trinajstić information content (AvgIpc) is 3.36. The Kier molecular flexibility index (Phi) is 45.8. The molecule has 1 aliphatic rings. The molecular formula is C59H107NO10. The van der Waals surface area contributed by atoms with Crippen LogP contribution in [0.3, 0.4) is 0 Å². The summed E-state index contributed by atoms with van der Waals surface area (Å²) in [4.78, 5) is 25.1. The molecule has 0 aromatic carbocycles. The number of rotatable bonds is 49. The summed E-state index contributed by atoms with van der Waals surface area (Å²) in [6.45, 7) is 4.04. The number of hydrogen-bond acceptors (Lipinski definition) is 10. The Morgan fingerprint density at radius 2 is 0.986 bits per heavy atom. The molecular weight excluding hydrogens is 883 g/mol. The molecule has 0 aromatic rings. The first-order valence-electron chi connectivity index (χ1n) is 28.9. The molecule has 6 N–H and O–H groups in total. The Balaban J connectivity index is 2.04. The minimum atomic E-state index is -1.58. The number of amides is 1. The Bertz CT molecular complexity index is 1300. The molecule has 0 aromatic heterocycles. The van der Waals surface area contributed by atoms with E-state index in [1.807, 2.05) is 19.1 Å². The molecule has 11 heteroatoms. The van der Waals surface area contributed by atoms with Gasteiger partial charge in [0.25, 0.3) is 0 Å². The second-order valence-corrected chi connectivity index (χ2v) is 20.0. The fourth-order valence-electron chi connectivity index (χ4n) is 8.88. The van der Waals surface area contributed by atoms with Gasteiger partial charge in [0, 0.05) is 12.8 Å². The number of aliphatic hydroxyl groups excluding tert-OH is 5. The van der Waals surface area contributed by atoms with E-state index in [0.29, 0.717) is 25.9 Å². The van der Waals surface area contributed by atoms with Gasteiger partial charge >= 0.3 is 5.97 Å². The first-order chi connectivity index (χ1) is 34.2. The van der Waals surface area contributed by atoms with Gasteiger partial charge in [0.15, 0.2) is 6.29 Å². The molecule has 7 unspecified atom stereocenters. The molecule has 1 aliphatic heterocycles. The fraction of sp³-hybridized carbons (Fsp3) is 0.831. The molecule has 1 saturated heterocycles. The molecule has 7 atom stereocenters. The first-order valence-corrected chi connectivity index (χ1v) is 28.9. The van der Waals surface area contributed by atoms with E-state index in [2.05, 4.69) is 42.6 Å². The highest BCUT2D eigenvalue weighted by Gasteiger charge is 2.44. The smallest absolute Gasteiger partial charge is 0.305 e. The van der Waals surface area contributed by atoms with Crippen molar-refractivity contribution in [3.8, 4) is 0 Å². The van der Waals surface area contributed by atoms with Crippen LogP contribution in [0.2, 0.25) is 0 Å². The molecule has 0 bridgehead atoms. The Hall–Kier alpha value is -2.38. The molecule has 408 valence electrons. The lowest BCUT2D eigenvalue weighted by molar-refractivity contribution is -0.302. The predicted molar refractivity (Wildman–Crippen MR) is 287 cm³/mol. The quantitative estimate of drug-likeness (QED) is 0.0196. The van der Waals surface area contributed by atoms with Crippen LogP contribution in [0, 0.1) is 0 Å². The number of hydrogen-bond donors (Lipinski definition) is 6. The Morgan fingerprint density at radius 3 is 1.50 bits per heavy atom. The minimum Gasteiger partial charge on any atom is -0.466 e. The number of nitrogens with one attached hydrogen (secondary N) is 1. The van der Waals surface area contributed by atoms with Gasteiger partial charge in [-0.05, 0) is 77.6 Å². The number of unbranched alkanes of at least 4 members (excludes halogenated alkanes) is 30. The zero-order valence-corrected chi connectivity index (χ0v) is 44.7. The van der Waals surface area contributed by atoms with Gasteiger partial charge in [0.2, 0.25) is 5.91 Å². The van der Waals surface area contributed by atoms with Gasteiger partial charge < -0.3 is 45.1 Å². The third-order valence-corrected chi connectivity index (χ3v) is 13.5. The van der Waals surface area contributed by atoms with Crippen LogP contribution in [-0.2, 0) is 23.8 Å². The van der Waals surface area contributed by atoms with E-state index in [-0.39, 0.29) is 18.5 Å². The Labute approximate surface area is 427 Å². The van der Waals surface area contributed by atoms with Crippen molar-refractivity contribution in [3.05, 3.63) is 48.6 Å². The van der Waals surface area contributed by atoms with Gasteiger partial charge in [-0.25, -0.2) is 0 Å². The van der Waals surface area contributed by atoms with Crippen molar-refractivity contribution in [1.29, 1.82) is 0 Å². The van der Waals surface area contributed by atoms with Gasteiger partial charge in [-0.1, -0.05) is 210 Å². The zero-order valence-electron chi connectivity index (χ0n) is 44.7. The maximum absolute atomic E-state index is 13.0. The Morgan fingerprint density at radius 1 is 0.543 bits per heavy atom. The number of esters is 1. The zero-order chi connectivity index (χ0) is 51.0. The van der Waals surface area contributed by atoms with Crippen molar-refractivity contribution < 1.29 is 49.3 Å². The summed E-state index contributed by atoms with van der Waals surface area (Å²) in [5.41, 5.74) is 0. The van der Waals surface area contributed by atoms with E-state index >= 15 is 0 Å². The standard InChI is InChI=1S/C59H107NO10/c1-3-5-7-9-11-13-14-15-16-17-18-19-20-24-27-31-35-39-43-47-55(64)68-48-44-40-36-32-28-25-22-21-23-26-30-34-38-42-46-54(63)60-51(52(62)45-41-37-33-29-12-10-8-6-4-2)50-69-59-58(67)57(66)56(65)53(49-61)70-59/h4,6,12,15-16,29,41,45,51-53,56-59,61-62,65-67H,3,5,7-11,13-14,17-28,30-40,42-44,46-50H2,1-2H3,(H,60,63)/b6-4+,16-15-,29-12+,45-41+. The van der Waals surface area contributed by atoms with Crippen molar-refractivity contribution in [2.45, 2.75) is 294 Å². The maximum Gasteiger partial charge on any atom is 0.305 e. The molecule has 1 fully saturated rings. The van der Waals surface area contributed by atoms with Crippen LogP contribution in [-0.4, -0.2) is 100 Å². The maximum atomic E-state index is 13.0. The second kappa shape index (κ2) is 48.9. The molecule has 1 rings (SSSR count). The van der Waals surface area contributed by atoms with Crippen molar-refractivity contribution in [2.75, 3.05) is 19.8 Å². The van der Waals surface area contributed by atoms with Crippen molar-refractivity contribution in [2.24, 2.45) is 0 Å². The molecule has 70 heavy (non-hydrogen) atoms. The van der Waals surface area contributed by atoms with Gasteiger partial charge in [0.05, 0.1) is 32.0 Å². The van der Waals surface area contributed by atoms with E-state index in [0.717, 1.165) is 70.6 Å². The lowest BCUT2D eigenvalue weighted by atomic mass is 9.99. The van der Waals surface area contributed by atoms with E-state index < -0.39 is 49.5 Å². The SMILES string of the molecule is C/C=C/CC/C=C/CC/C=C/C(O)C(COC1OC(CO)C(O)C(O)C1O)NC(=O)CCCCCCCCCCCCCCCCOC(=O)CCCCCCCCCCC/C=C\CCCCCCCC. The summed E-state index contributed by atoms with van der Waals surface area (Å²) >= 11 is 0. The summed E-state index contributed by atoms with van der Waals surface area (Å²) in [5, 5.41) is 54.1. The number of allylic oxidation sites excluding steroid dienone is 7. The summed E-state index contributed by atoms with van der Waals surface area (Å²) in [6, 6.07) is -0.842. The molecule has 0 saturated carbocycles. The van der Waals surface area contributed by atoms with Gasteiger partial charge in [-0.15, -0.1) is 0 Å². The van der Waals surface area contributed by atoms with E-state index in [1.165, 1.54) is 148 Å². The van der Waals surface area contributed by atoms with Crippen LogP contribution in [0.15, 0.2) is 48.6 Å². The lowest BCUT2D eigenvalue weighted by Gasteiger charge is -2.40. The minimum absolute atomic E-state index is 0.0257. The topological polar surface area (TPSA) is 175 Å². The normalized spacial score (nSPS) is 19.6. The van der Waals surface area contributed by atoms with Crippen molar-refractivity contribution in [1.82, 2.24) is 5.32 Å². The molecule has 0 radical (unpaired) electrons. The van der Waals surface area contributed by atoms with Gasteiger partial charge in [-0.3, -0.25) is 9.59 Å². The van der Waals surface area contributed by atoms with Crippen molar-refractivity contribution in [3.63, 3.8) is 0 Å². The average molecular weight is 991 g/mol. The summed E-state index contributed by atoms with van der Waals surface area (Å²) in [7, 11) is 0. The number of carbonyl (C=O) groups excluding carboxylic acids is 2. The summed E-state index contributed by atoms with van der Waals surface area (Å²) in [6.07, 6.45) is 50.9. The van der Waals surface area contributed by atoms with Crippen LogP contribution in [0.1, 0.15) is 251 Å². The van der Waals surface area contributed by atoms with Crippen molar-refractivity contribution >= 4 is 11.9 Å². The highest BCUT2D eigenvalue weighted by Crippen LogP contribution is 2.23.